The van der Waals surface area contributed by atoms with Gasteiger partial charge in [-0.2, -0.15) is 0 Å². The number of carbonyl (C=O) groups excluding carboxylic acids is 2. The minimum atomic E-state index is -2.62. The fourth-order valence-corrected chi connectivity index (χ4v) is 10.1. The van der Waals surface area contributed by atoms with Crippen molar-refractivity contribution < 1.29 is 23.2 Å². The van der Waals surface area contributed by atoms with Crippen molar-refractivity contribution in [2.75, 3.05) is 48.3 Å². The summed E-state index contributed by atoms with van der Waals surface area (Å²) < 4.78 is 24.8. The highest BCUT2D eigenvalue weighted by molar-refractivity contribution is 7.33. The molecular formula is C46H49N6O5PS2. The molecule has 6 N–H and O–H groups in total. The first kappa shape index (κ1) is 41.6. The van der Waals surface area contributed by atoms with Crippen LogP contribution in [-0.2, 0) is 26.7 Å². The molecule has 8 rings (SSSR count). The first-order valence-corrected chi connectivity index (χ1v) is 23.2. The van der Waals surface area contributed by atoms with E-state index < -0.39 is 8.25 Å². The number of anilines is 4. The molecule has 0 atom stereocenters. The molecule has 2 fully saturated rings. The number of amides is 2. The van der Waals surface area contributed by atoms with Crippen LogP contribution in [0.3, 0.4) is 0 Å². The zero-order chi connectivity index (χ0) is 41.4. The van der Waals surface area contributed by atoms with E-state index in [9.17, 15) is 14.2 Å². The lowest BCUT2D eigenvalue weighted by atomic mass is 10.1. The lowest BCUT2D eigenvalue weighted by Crippen LogP contribution is -2.37. The number of hydrogen-bond acceptors (Lipinski definition) is 11. The molecule has 2 saturated heterocycles. The number of benzene rings is 4. The second-order valence-electron chi connectivity index (χ2n) is 15.3. The first-order valence-electron chi connectivity index (χ1n) is 20.2. The molecule has 0 unspecified atom stereocenters. The molecule has 2 aliphatic heterocycles. The van der Waals surface area contributed by atoms with Crippen LogP contribution in [0, 0.1) is 0 Å². The molecule has 4 aromatic carbocycles. The van der Waals surface area contributed by atoms with Crippen LogP contribution in [-0.4, -0.2) is 60.0 Å². The van der Waals surface area contributed by atoms with Gasteiger partial charge in [-0.3, -0.25) is 24.0 Å². The van der Waals surface area contributed by atoms with E-state index >= 15 is 0 Å². The minimum absolute atomic E-state index is 0.0941. The van der Waals surface area contributed by atoms with E-state index in [-0.39, 0.29) is 24.0 Å². The molecule has 2 aromatic heterocycles. The fourth-order valence-electron chi connectivity index (χ4n) is 7.62. The topological polar surface area (TPSA) is 152 Å². The monoisotopic (exact) mass is 860 g/mol. The molecule has 6 aromatic rings. The van der Waals surface area contributed by atoms with Crippen molar-refractivity contribution in [1.82, 2.24) is 9.80 Å². The third-order valence-electron chi connectivity index (χ3n) is 11.1. The summed E-state index contributed by atoms with van der Waals surface area (Å²) in [4.78, 5) is 33.1. The Bertz CT molecular complexity index is 2230. The molecule has 2 aliphatic rings. The fraction of sp³-hybridized carbons (Fsp3) is 0.261. The van der Waals surface area contributed by atoms with Crippen LogP contribution in [0.5, 0.6) is 0 Å². The summed E-state index contributed by atoms with van der Waals surface area (Å²) in [7, 11) is -2.62. The molecule has 4 heterocycles. The number of nitrogens with two attached hydrogens (primary N) is 2. The number of thiophene rings is 2. The molecular weight excluding hydrogens is 812 g/mol. The van der Waals surface area contributed by atoms with Gasteiger partial charge in [0.25, 0.3) is 11.8 Å². The Morgan fingerprint density at radius 1 is 0.600 bits per heavy atom. The maximum atomic E-state index is 13.1. The van der Waals surface area contributed by atoms with Gasteiger partial charge in [-0.25, -0.2) is 0 Å². The van der Waals surface area contributed by atoms with E-state index in [0.29, 0.717) is 33.9 Å². The molecule has 11 nitrogen and oxygen atoms in total. The van der Waals surface area contributed by atoms with Gasteiger partial charge in [-0.1, -0.05) is 48.5 Å². The highest BCUT2D eigenvalue weighted by Gasteiger charge is 2.26. The number of likely N-dealkylation sites (tertiary alicyclic amines) is 2. The lowest BCUT2D eigenvalue weighted by Gasteiger charge is -2.33. The summed E-state index contributed by atoms with van der Waals surface area (Å²) >= 11 is 3.28. The van der Waals surface area contributed by atoms with Crippen LogP contribution in [0.2, 0.25) is 0 Å². The number of piperidine rings is 2. The van der Waals surface area contributed by atoms with Crippen LogP contribution in [0.1, 0.15) is 57.5 Å². The van der Waals surface area contributed by atoms with Crippen molar-refractivity contribution in [3.8, 4) is 20.9 Å². The average Bonchev–Trinajstić information content (AvgIpc) is 4.01. The number of rotatable bonds is 14. The van der Waals surface area contributed by atoms with Crippen LogP contribution in [0.4, 0.5) is 22.7 Å². The Morgan fingerprint density at radius 2 is 1.00 bits per heavy atom. The SMILES string of the molecule is Nc1ccc(-c2cccs2)cc1NC(=O)c1ccc(CN2CCC(O[PH](=O)OC3CCN(Cc4ccc(C(=O)Nc5cc(-c6cccs6)ccc5N)cc4)CC3)CC2)cc1. The van der Waals surface area contributed by atoms with Crippen LogP contribution >= 0.6 is 30.9 Å². The van der Waals surface area contributed by atoms with Gasteiger partial charge in [0, 0.05) is 60.1 Å². The zero-order valence-corrected chi connectivity index (χ0v) is 35.8. The van der Waals surface area contributed by atoms with Crippen LogP contribution in [0.25, 0.3) is 20.9 Å². The molecule has 0 saturated carbocycles. The summed E-state index contributed by atoms with van der Waals surface area (Å²) in [6.45, 7) is 4.81. The van der Waals surface area contributed by atoms with Gasteiger partial charge in [-0.15, -0.1) is 22.7 Å². The molecule has 0 aliphatic carbocycles. The van der Waals surface area contributed by atoms with Crippen molar-refractivity contribution in [3.05, 3.63) is 142 Å². The normalized spacial score (nSPS) is 15.6. The van der Waals surface area contributed by atoms with E-state index in [4.69, 9.17) is 20.5 Å². The van der Waals surface area contributed by atoms with Gasteiger partial charge in [0.05, 0.1) is 35.0 Å². The summed E-state index contributed by atoms with van der Waals surface area (Å²) in [5.41, 5.74) is 20.0. The van der Waals surface area contributed by atoms with Gasteiger partial charge in [0.15, 0.2) is 0 Å². The highest BCUT2D eigenvalue weighted by Crippen LogP contribution is 2.35. The highest BCUT2D eigenvalue weighted by atomic mass is 32.1. The number of nitrogens with one attached hydrogen (secondary N) is 2. The zero-order valence-electron chi connectivity index (χ0n) is 33.2. The van der Waals surface area contributed by atoms with Crippen molar-refractivity contribution in [2.24, 2.45) is 0 Å². The molecule has 14 heteroatoms. The van der Waals surface area contributed by atoms with E-state index in [2.05, 4.69) is 20.4 Å². The van der Waals surface area contributed by atoms with Crippen molar-refractivity contribution in [1.29, 1.82) is 0 Å². The van der Waals surface area contributed by atoms with Crippen molar-refractivity contribution in [3.63, 3.8) is 0 Å². The van der Waals surface area contributed by atoms with Crippen molar-refractivity contribution in [2.45, 2.75) is 51.0 Å². The maximum absolute atomic E-state index is 13.1. The predicted octanol–water partition coefficient (Wildman–Crippen LogP) is 9.86. The Hall–Kier alpha value is -5.11. The Balaban J connectivity index is 0.721. The van der Waals surface area contributed by atoms with Crippen LogP contribution in [0.15, 0.2) is 120 Å². The minimum Gasteiger partial charge on any atom is -0.397 e. The Kier molecular flexibility index (Phi) is 13.5. The Morgan fingerprint density at radius 3 is 1.37 bits per heavy atom. The standard InChI is InChI=1S/C46H49N6O5PS2/c47-39-15-13-35(43-3-1-25-59-43)27-41(39)49-45(53)33-9-5-31(6-10-33)29-51-21-17-37(18-22-51)56-58(55)57-38-19-23-52(24-20-38)30-32-7-11-34(12-8-32)46(54)50-42-28-36(14-16-40(42)48)44-4-2-26-60-44/h1-16,25-28,37-38,58H,17-24,29-30,47-48H2,(H,49,53)(H,50,54). The third kappa shape index (κ3) is 10.8. The predicted molar refractivity (Wildman–Crippen MR) is 245 cm³/mol. The second-order valence-corrected chi connectivity index (χ2v) is 18.2. The van der Waals surface area contributed by atoms with E-state index in [1.807, 2.05) is 120 Å². The smallest absolute Gasteiger partial charge is 0.319 e. The lowest BCUT2D eigenvalue weighted by molar-refractivity contribution is 0.0552. The average molecular weight is 861 g/mol. The summed E-state index contributed by atoms with van der Waals surface area (Å²) in [6, 6.07) is 34.8. The van der Waals surface area contributed by atoms with E-state index in [1.165, 1.54) is 0 Å². The largest absolute Gasteiger partial charge is 0.397 e. The van der Waals surface area contributed by atoms with E-state index in [0.717, 1.165) is 97.0 Å². The first-order chi connectivity index (χ1) is 29.2. The number of nitrogens with zero attached hydrogens (tertiary/aromatic N) is 2. The number of carbonyl (C=O) groups is 2. The molecule has 310 valence electrons. The summed E-state index contributed by atoms with van der Waals surface area (Å²) in [6.07, 6.45) is 2.93. The Labute approximate surface area is 359 Å². The summed E-state index contributed by atoms with van der Waals surface area (Å²) in [5, 5.41) is 9.98. The summed E-state index contributed by atoms with van der Waals surface area (Å²) in [5.74, 6) is -0.412. The molecule has 0 bridgehead atoms. The van der Waals surface area contributed by atoms with Gasteiger partial charge in [0.1, 0.15) is 0 Å². The van der Waals surface area contributed by atoms with Gasteiger partial charge in [0.2, 0.25) is 0 Å². The maximum Gasteiger partial charge on any atom is 0.319 e. The van der Waals surface area contributed by atoms with Crippen LogP contribution < -0.4 is 22.1 Å². The van der Waals surface area contributed by atoms with Gasteiger partial charge < -0.3 is 31.1 Å². The number of nitrogen functional groups attached to an aromatic ring is 2. The number of hydrogen-bond donors (Lipinski definition) is 4. The molecule has 0 spiro atoms. The molecule has 2 amide bonds. The molecule has 0 radical (unpaired) electrons. The van der Waals surface area contributed by atoms with Crippen molar-refractivity contribution >= 4 is 65.5 Å². The third-order valence-corrected chi connectivity index (χ3v) is 13.9. The second kappa shape index (κ2) is 19.5. The molecule has 60 heavy (non-hydrogen) atoms. The van der Waals surface area contributed by atoms with Gasteiger partial charge >= 0.3 is 8.25 Å². The quantitative estimate of drug-likeness (QED) is 0.0620. The van der Waals surface area contributed by atoms with E-state index in [1.54, 1.807) is 22.7 Å². The van der Waals surface area contributed by atoms with Gasteiger partial charge in [-0.05, 0) is 119 Å².